The van der Waals surface area contributed by atoms with Crippen LogP contribution in [-0.4, -0.2) is 26.3 Å². The Labute approximate surface area is 233 Å². The summed E-state index contributed by atoms with van der Waals surface area (Å²) < 4.78 is 10.7. The average Bonchev–Trinajstić information content (AvgIpc) is 3.40. The van der Waals surface area contributed by atoms with Crippen LogP contribution in [0.2, 0.25) is 0 Å². The molecule has 0 unspecified atom stereocenters. The van der Waals surface area contributed by atoms with Gasteiger partial charge in [-0.3, -0.25) is 18.5 Å². The first kappa shape index (κ1) is 25.5. The van der Waals surface area contributed by atoms with Gasteiger partial charge in [0.1, 0.15) is 0 Å². The summed E-state index contributed by atoms with van der Waals surface area (Å²) in [4.78, 5) is 45.3. The molecule has 1 aliphatic heterocycles. The molecule has 40 heavy (non-hydrogen) atoms. The number of imidazole rings is 1. The summed E-state index contributed by atoms with van der Waals surface area (Å²) >= 11 is 1.27. The second-order valence-corrected chi connectivity index (χ2v) is 10.5. The zero-order valence-electron chi connectivity index (χ0n) is 22.2. The van der Waals surface area contributed by atoms with Gasteiger partial charge in [-0.25, -0.2) is 14.6 Å². The van der Waals surface area contributed by atoms with E-state index in [2.05, 4.69) is 0 Å². The topological polar surface area (TPSA) is 87.6 Å². The molecule has 9 heteroatoms. The summed E-state index contributed by atoms with van der Waals surface area (Å²) in [7, 11) is 3.46. The van der Waals surface area contributed by atoms with Crippen LogP contribution in [0.3, 0.4) is 0 Å². The zero-order chi connectivity index (χ0) is 28.0. The number of nitrogens with zero attached hydrogens (tertiary/aromatic N) is 4. The molecule has 1 atom stereocenters. The van der Waals surface area contributed by atoms with E-state index in [9.17, 15) is 14.4 Å². The Bertz CT molecular complexity index is 2050. The van der Waals surface area contributed by atoms with Crippen LogP contribution in [0, 0.1) is 0 Å². The van der Waals surface area contributed by atoms with Crippen LogP contribution in [0.1, 0.15) is 29.7 Å². The summed E-state index contributed by atoms with van der Waals surface area (Å²) in [6, 6.07) is 23.9. The highest BCUT2D eigenvalue weighted by molar-refractivity contribution is 7.07. The highest BCUT2D eigenvalue weighted by Crippen LogP contribution is 2.35. The van der Waals surface area contributed by atoms with Crippen LogP contribution in [-0.2, 0) is 23.6 Å². The van der Waals surface area contributed by atoms with Gasteiger partial charge in [0.15, 0.2) is 4.80 Å². The van der Waals surface area contributed by atoms with Crippen LogP contribution in [0.25, 0.3) is 22.8 Å². The fourth-order valence-corrected chi connectivity index (χ4v) is 6.16. The van der Waals surface area contributed by atoms with E-state index in [0.717, 1.165) is 27.7 Å². The molecule has 0 saturated heterocycles. The smallest absolute Gasteiger partial charge is 0.338 e. The van der Waals surface area contributed by atoms with Gasteiger partial charge in [0.25, 0.3) is 5.56 Å². The summed E-state index contributed by atoms with van der Waals surface area (Å²) in [5.41, 5.74) is 4.34. The monoisotopic (exact) mass is 550 g/mol. The maximum atomic E-state index is 14.0. The van der Waals surface area contributed by atoms with E-state index in [1.165, 1.54) is 11.3 Å². The molecule has 0 bridgehead atoms. The number of aromatic nitrogens is 3. The molecule has 0 spiro atoms. The standard InChI is InChI=1S/C31H26N4O4S/c1-4-39-29(37)25-26(20-11-7-5-8-12-20)32-30-35(27(25)21-13-9-6-10-14-21)28(36)24(40-30)18-19-15-16-22-23(17-19)34(3)31(38)33(22)2/h5-18,27H,4H2,1-3H3/b24-18+/t27-/m1/s1. The lowest BCUT2D eigenvalue weighted by Gasteiger charge is -2.25. The zero-order valence-corrected chi connectivity index (χ0v) is 23.0. The van der Waals surface area contributed by atoms with Gasteiger partial charge in [-0.05, 0) is 36.3 Å². The van der Waals surface area contributed by atoms with E-state index in [1.54, 1.807) is 40.8 Å². The molecule has 3 aromatic carbocycles. The Hall–Kier alpha value is -4.76. The summed E-state index contributed by atoms with van der Waals surface area (Å²) in [6.07, 6.45) is 1.80. The number of rotatable bonds is 5. The van der Waals surface area contributed by atoms with Gasteiger partial charge in [-0.1, -0.05) is 78.1 Å². The number of carbonyl (C=O) groups is 1. The van der Waals surface area contributed by atoms with E-state index in [-0.39, 0.29) is 17.9 Å². The number of thiazole rings is 1. The molecule has 0 saturated carbocycles. The van der Waals surface area contributed by atoms with Gasteiger partial charge in [0.05, 0.1) is 39.5 Å². The van der Waals surface area contributed by atoms with Crippen molar-refractivity contribution in [2.45, 2.75) is 13.0 Å². The number of ether oxygens (including phenoxy) is 1. The molecule has 6 rings (SSSR count). The third kappa shape index (κ3) is 4.15. The minimum Gasteiger partial charge on any atom is -0.463 e. The second kappa shape index (κ2) is 10.1. The van der Waals surface area contributed by atoms with Crippen molar-refractivity contribution in [2.75, 3.05) is 6.61 Å². The molecular weight excluding hydrogens is 524 g/mol. The van der Waals surface area contributed by atoms with Crippen molar-refractivity contribution < 1.29 is 9.53 Å². The minimum absolute atomic E-state index is 0.116. The lowest BCUT2D eigenvalue weighted by Crippen LogP contribution is -2.39. The molecule has 8 nitrogen and oxygen atoms in total. The van der Waals surface area contributed by atoms with Crippen LogP contribution in [0.4, 0.5) is 0 Å². The molecule has 5 aromatic rings. The van der Waals surface area contributed by atoms with Crippen molar-refractivity contribution in [1.29, 1.82) is 0 Å². The number of esters is 1. The highest BCUT2D eigenvalue weighted by atomic mass is 32.1. The van der Waals surface area contributed by atoms with E-state index >= 15 is 0 Å². The fraction of sp³-hybridized carbons (Fsp3) is 0.161. The van der Waals surface area contributed by atoms with Gasteiger partial charge in [0, 0.05) is 19.7 Å². The van der Waals surface area contributed by atoms with E-state index in [0.29, 0.717) is 20.6 Å². The normalized spacial score (nSPS) is 15.3. The molecule has 0 amide bonds. The molecule has 0 aliphatic carbocycles. The first-order valence-corrected chi connectivity index (χ1v) is 13.7. The summed E-state index contributed by atoms with van der Waals surface area (Å²) in [5, 5.41) is 0. The molecule has 1 aliphatic rings. The molecule has 200 valence electrons. The molecule has 0 N–H and O–H groups in total. The lowest BCUT2D eigenvalue weighted by atomic mass is 9.93. The molecule has 0 radical (unpaired) electrons. The minimum atomic E-state index is -0.716. The fourth-order valence-electron chi connectivity index (χ4n) is 5.16. The van der Waals surface area contributed by atoms with Crippen LogP contribution in [0.15, 0.2) is 99.0 Å². The highest BCUT2D eigenvalue weighted by Gasteiger charge is 2.35. The first-order chi connectivity index (χ1) is 19.4. The molecule has 3 heterocycles. The number of fused-ring (bicyclic) bond motifs is 2. The van der Waals surface area contributed by atoms with Crippen molar-refractivity contribution in [3.8, 4) is 0 Å². The maximum Gasteiger partial charge on any atom is 0.338 e. The second-order valence-electron chi connectivity index (χ2n) is 9.49. The lowest BCUT2D eigenvalue weighted by molar-refractivity contribution is -0.138. The van der Waals surface area contributed by atoms with E-state index in [4.69, 9.17) is 9.73 Å². The SMILES string of the molecule is CCOC(=O)C1=C(c2ccccc2)N=c2s/c(=C/c3ccc4c(c3)n(C)c(=O)n4C)c(=O)n2[C@@H]1c1ccccc1. The first-order valence-electron chi connectivity index (χ1n) is 12.9. The van der Waals surface area contributed by atoms with Crippen LogP contribution in [0.5, 0.6) is 0 Å². The Kier molecular flexibility index (Phi) is 6.43. The van der Waals surface area contributed by atoms with Crippen molar-refractivity contribution in [2.24, 2.45) is 19.1 Å². The molecule has 2 aromatic heterocycles. The van der Waals surface area contributed by atoms with Gasteiger partial charge in [0.2, 0.25) is 0 Å². The van der Waals surface area contributed by atoms with Crippen molar-refractivity contribution in [3.05, 3.63) is 131 Å². The molecule has 0 fully saturated rings. The number of benzene rings is 3. The van der Waals surface area contributed by atoms with E-state index < -0.39 is 12.0 Å². The van der Waals surface area contributed by atoms with Gasteiger partial charge in [-0.2, -0.15) is 0 Å². The number of hydrogen-bond acceptors (Lipinski definition) is 6. The largest absolute Gasteiger partial charge is 0.463 e. The van der Waals surface area contributed by atoms with E-state index in [1.807, 2.05) is 78.9 Å². The van der Waals surface area contributed by atoms with Crippen molar-refractivity contribution >= 4 is 40.1 Å². The Morgan fingerprint density at radius 2 is 1.62 bits per heavy atom. The Morgan fingerprint density at radius 1 is 0.950 bits per heavy atom. The van der Waals surface area contributed by atoms with Crippen molar-refractivity contribution in [3.63, 3.8) is 0 Å². The van der Waals surface area contributed by atoms with Gasteiger partial charge >= 0.3 is 11.7 Å². The quantitative estimate of drug-likeness (QED) is 0.315. The molecular formula is C31H26N4O4S. The Balaban J connectivity index is 1.62. The predicted octanol–water partition coefficient (Wildman–Crippen LogP) is 3.13. The van der Waals surface area contributed by atoms with Crippen LogP contribution < -0.4 is 20.6 Å². The maximum absolute atomic E-state index is 14.0. The Morgan fingerprint density at radius 3 is 2.33 bits per heavy atom. The predicted molar refractivity (Wildman–Crippen MR) is 156 cm³/mol. The van der Waals surface area contributed by atoms with Crippen molar-refractivity contribution in [1.82, 2.24) is 13.7 Å². The van der Waals surface area contributed by atoms with Crippen LogP contribution >= 0.6 is 11.3 Å². The number of hydrogen-bond donors (Lipinski definition) is 0. The summed E-state index contributed by atoms with van der Waals surface area (Å²) in [5.74, 6) is -0.510. The summed E-state index contributed by atoms with van der Waals surface area (Å²) in [6.45, 7) is 1.95. The van der Waals surface area contributed by atoms with Gasteiger partial charge in [-0.15, -0.1) is 0 Å². The average molecular weight is 551 g/mol. The number of carbonyl (C=O) groups excluding carboxylic acids is 1. The third-order valence-corrected chi connectivity index (χ3v) is 8.07. The number of aryl methyl sites for hydroxylation is 2. The van der Waals surface area contributed by atoms with Gasteiger partial charge < -0.3 is 4.74 Å². The third-order valence-electron chi connectivity index (χ3n) is 7.08.